The maximum absolute atomic E-state index is 12.7. The molecule has 0 amide bonds. The van der Waals surface area contributed by atoms with E-state index in [0.29, 0.717) is 11.5 Å². The van der Waals surface area contributed by atoms with Gasteiger partial charge in [0.15, 0.2) is 5.82 Å². The lowest BCUT2D eigenvalue weighted by Gasteiger charge is -2.07. The van der Waals surface area contributed by atoms with Crippen LogP contribution in [-0.2, 0) is 0 Å². The van der Waals surface area contributed by atoms with Crippen molar-refractivity contribution in [2.24, 2.45) is 0 Å². The van der Waals surface area contributed by atoms with E-state index in [-0.39, 0.29) is 11.2 Å². The first-order valence-corrected chi connectivity index (χ1v) is 5.61. The summed E-state index contributed by atoms with van der Waals surface area (Å²) in [6.45, 7) is 3.73. The van der Waals surface area contributed by atoms with Crippen molar-refractivity contribution in [1.29, 1.82) is 0 Å². The quantitative estimate of drug-likeness (QED) is 0.769. The normalized spacial score (nSPS) is 12.5. The first-order chi connectivity index (χ1) is 8.08. The number of nitrogens with zero attached hydrogens (tertiary/aromatic N) is 3. The molecule has 0 aromatic carbocycles. The highest BCUT2D eigenvalue weighted by Gasteiger charge is 2.10. The highest BCUT2D eigenvalue weighted by Crippen LogP contribution is 2.22. The van der Waals surface area contributed by atoms with E-state index >= 15 is 0 Å². The molecule has 2 heterocycles. The van der Waals surface area contributed by atoms with Crippen LogP contribution in [0.2, 0.25) is 0 Å². The van der Waals surface area contributed by atoms with Crippen LogP contribution in [0.15, 0.2) is 24.5 Å². The predicted octanol–water partition coefficient (Wildman–Crippen LogP) is 3.29. The van der Waals surface area contributed by atoms with Gasteiger partial charge in [-0.25, -0.2) is 19.3 Å². The summed E-state index contributed by atoms with van der Waals surface area (Å²) in [7, 11) is 0. The zero-order valence-corrected chi connectivity index (χ0v) is 10.2. The molecule has 0 spiro atoms. The fourth-order valence-electron chi connectivity index (χ4n) is 1.50. The van der Waals surface area contributed by atoms with Crippen LogP contribution in [-0.4, -0.2) is 15.0 Å². The van der Waals surface area contributed by atoms with Gasteiger partial charge >= 0.3 is 0 Å². The van der Waals surface area contributed by atoms with Gasteiger partial charge in [0.05, 0.1) is 11.6 Å². The number of aryl methyl sites for hydroxylation is 1. The van der Waals surface area contributed by atoms with Gasteiger partial charge in [0, 0.05) is 17.5 Å². The first kappa shape index (κ1) is 11.9. The van der Waals surface area contributed by atoms with Gasteiger partial charge in [0.2, 0.25) is 0 Å². The van der Waals surface area contributed by atoms with E-state index in [2.05, 4.69) is 15.0 Å². The van der Waals surface area contributed by atoms with E-state index in [0.717, 1.165) is 17.5 Å². The SMILES string of the molecule is Cc1nc(-c2ccc(F)cn2)ncc1C(C)Cl. The van der Waals surface area contributed by atoms with Crippen molar-refractivity contribution in [3.05, 3.63) is 41.6 Å². The Morgan fingerprint density at radius 1 is 1.24 bits per heavy atom. The number of hydrogen-bond donors (Lipinski definition) is 0. The molecule has 0 saturated heterocycles. The van der Waals surface area contributed by atoms with Crippen LogP contribution in [0.5, 0.6) is 0 Å². The standard InChI is InChI=1S/C12H11ClFN3/c1-7(13)10-6-16-12(17-8(10)2)11-4-3-9(14)5-15-11/h3-7H,1-2H3. The van der Waals surface area contributed by atoms with E-state index < -0.39 is 0 Å². The summed E-state index contributed by atoms with van der Waals surface area (Å²) in [5.74, 6) is 0.0973. The average molecular weight is 252 g/mol. The Bertz CT molecular complexity index is 526. The summed E-state index contributed by atoms with van der Waals surface area (Å²) in [5.41, 5.74) is 2.24. The minimum Gasteiger partial charge on any atom is -0.250 e. The van der Waals surface area contributed by atoms with Crippen LogP contribution in [0, 0.1) is 12.7 Å². The molecule has 0 saturated carbocycles. The van der Waals surface area contributed by atoms with Gasteiger partial charge in [-0.1, -0.05) is 0 Å². The Morgan fingerprint density at radius 3 is 2.53 bits per heavy atom. The van der Waals surface area contributed by atoms with Crippen molar-refractivity contribution in [3.8, 4) is 11.5 Å². The Hall–Kier alpha value is -1.55. The third-order valence-electron chi connectivity index (χ3n) is 2.40. The summed E-state index contributed by atoms with van der Waals surface area (Å²) < 4.78 is 12.7. The molecule has 0 fully saturated rings. The predicted molar refractivity (Wildman–Crippen MR) is 64.2 cm³/mol. The molecule has 1 unspecified atom stereocenters. The van der Waals surface area contributed by atoms with Crippen molar-refractivity contribution < 1.29 is 4.39 Å². The molecule has 3 nitrogen and oxygen atoms in total. The van der Waals surface area contributed by atoms with Gasteiger partial charge in [-0.2, -0.15) is 0 Å². The maximum Gasteiger partial charge on any atom is 0.178 e. The van der Waals surface area contributed by atoms with Crippen molar-refractivity contribution >= 4 is 11.6 Å². The van der Waals surface area contributed by atoms with Crippen LogP contribution in [0.25, 0.3) is 11.5 Å². The van der Waals surface area contributed by atoms with Gasteiger partial charge in [0.1, 0.15) is 11.5 Å². The fraction of sp³-hybridized carbons (Fsp3) is 0.250. The molecule has 0 bridgehead atoms. The molecule has 2 aromatic rings. The molecular formula is C12H11ClFN3. The fourth-order valence-corrected chi connectivity index (χ4v) is 1.71. The number of hydrogen-bond acceptors (Lipinski definition) is 3. The number of alkyl halides is 1. The monoisotopic (exact) mass is 251 g/mol. The number of aromatic nitrogens is 3. The molecule has 0 aliphatic heterocycles. The Balaban J connectivity index is 2.41. The van der Waals surface area contributed by atoms with Gasteiger partial charge in [-0.15, -0.1) is 11.6 Å². The topological polar surface area (TPSA) is 38.7 Å². The molecule has 1 atom stereocenters. The number of pyridine rings is 1. The van der Waals surface area contributed by atoms with Crippen molar-refractivity contribution in [3.63, 3.8) is 0 Å². The summed E-state index contributed by atoms with van der Waals surface area (Å²) in [6.07, 6.45) is 2.83. The number of halogens is 2. The molecule has 2 rings (SSSR count). The molecule has 2 aromatic heterocycles. The Labute approximate surface area is 104 Å². The zero-order valence-electron chi connectivity index (χ0n) is 9.48. The molecule has 17 heavy (non-hydrogen) atoms. The third-order valence-corrected chi connectivity index (χ3v) is 2.64. The molecule has 0 N–H and O–H groups in total. The van der Waals surface area contributed by atoms with E-state index in [4.69, 9.17) is 11.6 Å². The van der Waals surface area contributed by atoms with Crippen LogP contribution in [0.3, 0.4) is 0 Å². The summed E-state index contributed by atoms with van der Waals surface area (Å²) in [4.78, 5) is 12.4. The van der Waals surface area contributed by atoms with Gasteiger partial charge < -0.3 is 0 Å². The molecule has 0 aliphatic carbocycles. The van der Waals surface area contributed by atoms with Gasteiger partial charge in [-0.3, -0.25) is 0 Å². The highest BCUT2D eigenvalue weighted by atomic mass is 35.5. The largest absolute Gasteiger partial charge is 0.250 e. The smallest absolute Gasteiger partial charge is 0.178 e. The van der Waals surface area contributed by atoms with Crippen LogP contribution >= 0.6 is 11.6 Å². The van der Waals surface area contributed by atoms with Crippen LogP contribution in [0.4, 0.5) is 4.39 Å². The third kappa shape index (κ3) is 2.58. The lowest BCUT2D eigenvalue weighted by molar-refractivity contribution is 0.621. The second-order valence-corrected chi connectivity index (χ2v) is 4.37. The van der Waals surface area contributed by atoms with Crippen LogP contribution in [0.1, 0.15) is 23.6 Å². The molecular weight excluding hydrogens is 241 g/mol. The lowest BCUT2D eigenvalue weighted by atomic mass is 10.2. The Morgan fingerprint density at radius 2 is 2.00 bits per heavy atom. The van der Waals surface area contributed by atoms with Gasteiger partial charge in [0.25, 0.3) is 0 Å². The van der Waals surface area contributed by atoms with E-state index in [1.54, 1.807) is 12.3 Å². The summed E-state index contributed by atoms with van der Waals surface area (Å²) in [6, 6.07) is 2.88. The van der Waals surface area contributed by atoms with Crippen molar-refractivity contribution in [1.82, 2.24) is 15.0 Å². The minimum atomic E-state index is -0.378. The summed E-state index contributed by atoms with van der Waals surface area (Å²) >= 11 is 5.98. The van der Waals surface area contributed by atoms with Crippen molar-refractivity contribution in [2.45, 2.75) is 19.2 Å². The van der Waals surface area contributed by atoms with Crippen molar-refractivity contribution in [2.75, 3.05) is 0 Å². The maximum atomic E-state index is 12.7. The zero-order chi connectivity index (χ0) is 12.4. The molecule has 0 aliphatic rings. The second kappa shape index (κ2) is 4.75. The average Bonchev–Trinajstić information content (AvgIpc) is 2.29. The first-order valence-electron chi connectivity index (χ1n) is 5.17. The second-order valence-electron chi connectivity index (χ2n) is 3.71. The molecule has 0 radical (unpaired) electrons. The van der Waals surface area contributed by atoms with E-state index in [1.807, 2.05) is 13.8 Å². The molecule has 88 valence electrons. The highest BCUT2D eigenvalue weighted by molar-refractivity contribution is 6.20. The van der Waals surface area contributed by atoms with Crippen LogP contribution < -0.4 is 0 Å². The van der Waals surface area contributed by atoms with E-state index in [9.17, 15) is 4.39 Å². The number of rotatable bonds is 2. The lowest BCUT2D eigenvalue weighted by Crippen LogP contribution is -1.99. The van der Waals surface area contributed by atoms with Gasteiger partial charge in [-0.05, 0) is 26.0 Å². The minimum absolute atomic E-state index is 0.134. The Kier molecular flexibility index (Phi) is 3.33. The summed E-state index contributed by atoms with van der Waals surface area (Å²) in [5, 5.41) is -0.134. The molecule has 5 heteroatoms. The van der Waals surface area contributed by atoms with E-state index in [1.165, 1.54) is 6.07 Å².